The number of halogens is 2. The molecule has 1 aromatic heterocycles. The zero-order valence-electron chi connectivity index (χ0n) is 16.6. The number of carbonyl (C=O) groups is 1. The number of rotatable bonds is 7. The highest BCUT2D eigenvalue weighted by Gasteiger charge is 2.26. The van der Waals surface area contributed by atoms with Gasteiger partial charge in [0.05, 0.1) is 19.7 Å². The number of benzene rings is 2. The number of amides is 1. The summed E-state index contributed by atoms with van der Waals surface area (Å²) in [6, 6.07) is 13.4. The predicted molar refractivity (Wildman–Crippen MR) is 121 cm³/mol. The number of hydrogen-bond acceptors (Lipinski definition) is 5. The van der Waals surface area contributed by atoms with E-state index in [1.165, 1.54) is 30.2 Å². The van der Waals surface area contributed by atoms with Crippen molar-refractivity contribution in [2.75, 3.05) is 24.4 Å². The minimum atomic E-state index is -0.784. The van der Waals surface area contributed by atoms with Gasteiger partial charge in [-0.05, 0) is 23.8 Å². The van der Waals surface area contributed by atoms with Gasteiger partial charge in [0.2, 0.25) is 0 Å². The number of nitrogens with two attached hydrogens (primary N) is 1. The fourth-order valence-corrected chi connectivity index (χ4v) is 3.62. The highest BCUT2D eigenvalue weighted by Crippen LogP contribution is 2.25. The van der Waals surface area contributed by atoms with E-state index >= 15 is 0 Å². The van der Waals surface area contributed by atoms with Gasteiger partial charge in [-0.3, -0.25) is 24.0 Å². The van der Waals surface area contributed by atoms with E-state index in [1.807, 2.05) is 6.07 Å². The molecule has 0 saturated carbocycles. The summed E-state index contributed by atoms with van der Waals surface area (Å²) in [5, 5.41) is 0.532. The lowest BCUT2D eigenvalue weighted by Gasteiger charge is -2.25. The normalized spacial score (nSPS) is 10.8. The van der Waals surface area contributed by atoms with Crippen molar-refractivity contribution in [2.24, 2.45) is 0 Å². The number of nitrogen functional groups attached to an aromatic ring is 1. The standard InChI is InChI=1S/C21H20Cl2N4O4/c1-31-8-7-26-18(24)17(19(28)25-21(26)30)27(12-13-5-3-2-4-6-13)20(29)14-9-15(22)11-16(23)10-14/h2-6,9-11H,7-8,12,24H2,1H3,(H,25,28,30). The maximum absolute atomic E-state index is 13.5. The first kappa shape index (κ1) is 22.6. The molecule has 0 spiro atoms. The Bertz CT molecular complexity index is 1190. The molecule has 0 bridgehead atoms. The summed E-state index contributed by atoms with van der Waals surface area (Å²) < 4.78 is 6.16. The summed E-state index contributed by atoms with van der Waals surface area (Å²) in [6.07, 6.45) is 0. The van der Waals surface area contributed by atoms with Crippen molar-refractivity contribution in [3.05, 3.63) is 90.5 Å². The number of carbonyl (C=O) groups excluding carboxylic acids is 1. The number of hydrogen-bond donors (Lipinski definition) is 2. The van der Waals surface area contributed by atoms with Crippen LogP contribution < -0.4 is 21.9 Å². The number of nitrogens with one attached hydrogen (secondary N) is 1. The molecule has 8 nitrogen and oxygen atoms in total. The lowest BCUT2D eigenvalue weighted by Crippen LogP contribution is -2.41. The summed E-state index contributed by atoms with van der Waals surface area (Å²) in [6.45, 7) is 0.312. The quantitative estimate of drug-likeness (QED) is 0.560. The zero-order chi connectivity index (χ0) is 22.5. The van der Waals surface area contributed by atoms with E-state index in [1.54, 1.807) is 24.3 Å². The van der Waals surface area contributed by atoms with Crippen LogP contribution in [-0.4, -0.2) is 29.2 Å². The number of H-pyrrole nitrogens is 1. The Labute approximate surface area is 187 Å². The van der Waals surface area contributed by atoms with Crippen molar-refractivity contribution in [3.63, 3.8) is 0 Å². The maximum atomic E-state index is 13.5. The number of ether oxygens (including phenoxy) is 1. The van der Waals surface area contributed by atoms with Gasteiger partial charge in [-0.2, -0.15) is 0 Å². The van der Waals surface area contributed by atoms with Crippen LogP contribution in [0.5, 0.6) is 0 Å². The molecule has 0 aliphatic rings. The maximum Gasteiger partial charge on any atom is 0.330 e. The molecular formula is C21H20Cl2N4O4. The molecule has 3 rings (SSSR count). The fourth-order valence-electron chi connectivity index (χ4n) is 3.09. The summed E-state index contributed by atoms with van der Waals surface area (Å²) in [7, 11) is 1.47. The first-order valence-corrected chi connectivity index (χ1v) is 10.0. The smallest absolute Gasteiger partial charge is 0.330 e. The van der Waals surface area contributed by atoms with E-state index < -0.39 is 17.2 Å². The molecule has 2 aromatic carbocycles. The fraction of sp³-hybridized carbons (Fsp3) is 0.190. The second kappa shape index (κ2) is 9.82. The van der Waals surface area contributed by atoms with Gasteiger partial charge in [0.1, 0.15) is 5.82 Å². The zero-order valence-corrected chi connectivity index (χ0v) is 18.1. The van der Waals surface area contributed by atoms with E-state index in [9.17, 15) is 14.4 Å². The molecule has 0 radical (unpaired) electrons. The third kappa shape index (κ3) is 5.16. The molecule has 3 aromatic rings. The van der Waals surface area contributed by atoms with Gasteiger partial charge in [0.25, 0.3) is 11.5 Å². The molecule has 0 aliphatic heterocycles. The van der Waals surface area contributed by atoms with Gasteiger partial charge in [-0.15, -0.1) is 0 Å². The lowest BCUT2D eigenvalue weighted by atomic mass is 10.1. The van der Waals surface area contributed by atoms with Crippen molar-refractivity contribution >= 4 is 40.6 Å². The van der Waals surface area contributed by atoms with Gasteiger partial charge in [0, 0.05) is 22.7 Å². The molecule has 1 amide bonds. The summed E-state index contributed by atoms with van der Waals surface area (Å²) in [4.78, 5) is 41.9. The molecule has 10 heteroatoms. The molecule has 162 valence electrons. The van der Waals surface area contributed by atoms with E-state index in [4.69, 9.17) is 33.7 Å². The Morgan fingerprint density at radius 1 is 1.13 bits per heavy atom. The third-order valence-electron chi connectivity index (χ3n) is 4.54. The lowest BCUT2D eigenvalue weighted by molar-refractivity contribution is 0.0984. The second-order valence-electron chi connectivity index (χ2n) is 6.67. The van der Waals surface area contributed by atoms with Crippen LogP contribution in [0.2, 0.25) is 10.0 Å². The van der Waals surface area contributed by atoms with Crippen molar-refractivity contribution in [1.29, 1.82) is 0 Å². The average molecular weight is 463 g/mol. The van der Waals surface area contributed by atoms with Gasteiger partial charge >= 0.3 is 5.69 Å². The monoisotopic (exact) mass is 462 g/mol. The van der Waals surface area contributed by atoms with Crippen LogP contribution in [0.3, 0.4) is 0 Å². The first-order valence-electron chi connectivity index (χ1n) is 9.25. The topological polar surface area (TPSA) is 110 Å². The Hall–Kier alpha value is -3.07. The molecule has 3 N–H and O–H groups in total. The van der Waals surface area contributed by atoms with Gasteiger partial charge < -0.3 is 10.5 Å². The van der Waals surface area contributed by atoms with Gasteiger partial charge in [0.15, 0.2) is 5.69 Å². The Kier molecular flexibility index (Phi) is 7.17. The van der Waals surface area contributed by atoms with Crippen molar-refractivity contribution in [1.82, 2.24) is 9.55 Å². The summed E-state index contributed by atoms with van der Waals surface area (Å²) in [5.41, 5.74) is 5.48. The van der Waals surface area contributed by atoms with Crippen molar-refractivity contribution in [3.8, 4) is 0 Å². The Morgan fingerprint density at radius 3 is 2.39 bits per heavy atom. The van der Waals surface area contributed by atoms with Crippen molar-refractivity contribution in [2.45, 2.75) is 13.1 Å². The number of nitrogens with zero attached hydrogens (tertiary/aromatic N) is 2. The number of anilines is 2. The van der Waals surface area contributed by atoms with Crippen LogP contribution >= 0.6 is 23.2 Å². The summed E-state index contributed by atoms with van der Waals surface area (Å²) >= 11 is 12.1. The largest absolute Gasteiger partial charge is 0.383 e. The third-order valence-corrected chi connectivity index (χ3v) is 4.98. The molecular weight excluding hydrogens is 443 g/mol. The predicted octanol–water partition coefficient (Wildman–Crippen LogP) is 2.92. The van der Waals surface area contributed by atoms with Crippen LogP contribution in [0, 0.1) is 0 Å². The SMILES string of the molecule is COCCn1c(N)c(N(Cc2ccccc2)C(=O)c2cc(Cl)cc(Cl)c2)c(=O)[nH]c1=O. The van der Waals surface area contributed by atoms with Crippen LogP contribution in [0.25, 0.3) is 0 Å². The minimum absolute atomic E-state index is 0.0273. The molecule has 0 atom stereocenters. The molecule has 0 aliphatic carbocycles. The van der Waals surface area contributed by atoms with Crippen LogP contribution in [-0.2, 0) is 17.8 Å². The molecule has 0 fully saturated rings. The first-order chi connectivity index (χ1) is 14.8. The van der Waals surface area contributed by atoms with Gasteiger partial charge in [-0.1, -0.05) is 53.5 Å². The van der Waals surface area contributed by atoms with E-state index in [0.29, 0.717) is 0 Å². The Morgan fingerprint density at radius 2 is 1.77 bits per heavy atom. The molecule has 1 heterocycles. The van der Waals surface area contributed by atoms with Crippen molar-refractivity contribution < 1.29 is 9.53 Å². The van der Waals surface area contributed by atoms with E-state index in [-0.39, 0.29) is 46.8 Å². The highest BCUT2D eigenvalue weighted by atomic mass is 35.5. The number of aromatic nitrogens is 2. The Balaban J connectivity index is 2.18. The van der Waals surface area contributed by atoms with Crippen LogP contribution in [0.1, 0.15) is 15.9 Å². The molecule has 31 heavy (non-hydrogen) atoms. The number of methoxy groups -OCH3 is 1. The average Bonchev–Trinajstić information content (AvgIpc) is 2.72. The molecule has 0 saturated heterocycles. The minimum Gasteiger partial charge on any atom is -0.383 e. The van der Waals surface area contributed by atoms with Gasteiger partial charge in [-0.25, -0.2) is 4.79 Å². The van der Waals surface area contributed by atoms with E-state index in [0.717, 1.165) is 10.1 Å². The summed E-state index contributed by atoms with van der Waals surface area (Å²) in [5.74, 6) is -0.703. The molecule has 0 unspecified atom stereocenters. The second-order valence-corrected chi connectivity index (χ2v) is 7.55. The highest BCUT2D eigenvalue weighted by molar-refractivity contribution is 6.35. The van der Waals surface area contributed by atoms with E-state index in [2.05, 4.69) is 4.98 Å². The van der Waals surface area contributed by atoms with Crippen LogP contribution in [0.4, 0.5) is 11.5 Å². The van der Waals surface area contributed by atoms with Crippen LogP contribution in [0.15, 0.2) is 58.1 Å². The number of aromatic amines is 1.